The van der Waals surface area contributed by atoms with Crippen LogP contribution in [-0.4, -0.2) is 36.0 Å². The summed E-state index contributed by atoms with van der Waals surface area (Å²) in [7, 11) is 0. The van der Waals surface area contributed by atoms with Crippen molar-refractivity contribution in [2.45, 2.75) is 44.8 Å². The van der Waals surface area contributed by atoms with Gasteiger partial charge in [0.25, 0.3) is 0 Å². The van der Waals surface area contributed by atoms with Gasteiger partial charge in [-0.1, -0.05) is 17.7 Å². The number of nitrogens with two attached hydrogens (primary N) is 1. The van der Waals surface area contributed by atoms with Gasteiger partial charge in [0.05, 0.1) is 16.5 Å². The maximum absolute atomic E-state index is 11.3. The number of amides is 1. The summed E-state index contributed by atoms with van der Waals surface area (Å²) in [6.07, 6.45) is 6.14. The number of aryl methyl sites for hydroxylation is 2. The zero-order chi connectivity index (χ0) is 22.3. The monoisotopic (exact) mass is 468 g/mol. The number of nitrogens with zero attached hydrogens (tertiary/aromatic N) is 5. The standard InChI is InChI=1S/C22H21ClN6O2S/c1-22(5-6-22)31-21-18-20(26-12-27-21)29(8-4-17-25-7-9-32-17)19(28-18)14-3-2-13(10-15(14)23)11-16(24)30/h2-3,7,9-10,12H,4-6,8,11H2,1H3,(H2,24,30). The maximum atomic E-state index is 11.3. The van der Waals surface area contributed by atoms with Crippen LogP contribution in [0.5, 0.6) is 5.88 Å². The van der Waals surface area contributed by atoms with Gasteiger partial charge in [-0.25, -0.2) is 15.0 Å². The maximum Gasteiger partial charge on any atom is 0.245 e. The minimum Gasteiger partial charge on any atom is -0.470 e. The predicted molar refractivity (Wildman–Crippen MR) is 123 cm³/mol. The summed E-state index contributed by atoms with van der Waals surface area (Å²) in [4.78, 5) is 29.4. The number of benzene rings is 1. The number of hydrogen-bond donors (Lipinski definition) is 1. The highest BCUT2D eigenvalue weighted by molar-refractivity contribution is 7.09. The molecule has 10 heteroatoms. The van der Waals surface area contributed by atoms with Crippen molar-refractivity contribution in [3.63, 3.8) is 0 Å². The highest BCUT2D eigenvalue weighted by atomic mass is 35.5. The fourth-order valence-corrected chi connectivity index (χ4v) is 4.45. The van der Waals surface area contributed by atoms with Gasteiger partial charge in [-0.05, 0) is 37.5 Å². The number of carbonyl (C=O) groups excluding carboxylic acids is 1. The second kappa shape index (κ2) is 8.14. The quantitative estimate of drug-likeness (QED) is 0.421. The Balaban J connectivity index is 1.60. The summed E-state index contributed by atoms with van der Waals surface area (Å²) in [6.45, 7) is 2.68. The lowest BCUT2D eigenvalue weighted by Gasteiger charge is -2.11. The molecular formula is C22H21ClN6O2S. The van der Waals surface area contributed by atoms with Crippen molar-refractivity contribution >= 4 is 40.0 Å². The number of thiazole rings is 1. The topological polar surface area (TPSA) is 109 Å². The molecule has 2 N–H and O–H groups in total. The van der Waals surface area contributed by atoms with Crippen LogP contribution < -0.4 is 10.5 Å². The Kier molecular flexibility index (Phi) is 5.30. The molecule has 0 unspecified atom stereocenters. The van der Waals surface area contributed by atoms with E-state index in [9.17, 15) is 4.79 Å². The van der Waals surface area contributed by atoms with Crippen molar-refractivity contribution in [1.29, 1.82) is 0 Å². The molecule has 1 amide bonds. The van der Waals surface area contributed by atoms with Crippen LogP contribution in [0, 0.1) is 0 Å². The molecule has 0 atom stereocenters. The largest absolute Gasteiger partial charge is 0.470 e. The average Bonchev–Trinajstić information content (AvgIpc) is 3.14. The summed E-state index contributed by atoms with van der Waals surface area (Å²) in [6, 6.07) is 5.45. The molecule has 3 aromatic heterocycles. The Labute approximate surface area is 193 Å². The van der Waals surface area contributed by atoms with Gasteiger partial charge in [-0.3, -0.25) is 4.79 Å². The molecule has 0 aliphatic heterocycles. The third kappa shape index (κ3) is 4.18. The lowest BCUT2D eigenvalue weighted by Crippen LogP contribution is -2.13. The number of aromatic nitrogens is 5. The van der Waals surface area contributed by atoms with E-state index in [-0.39, 0.29) is 12.0 Å². The van der Waals surface area contributed by atoms with Gasteiger partial charge < -0.3 is 15.0 Å². The van der Waals surface area contributed by atoms with E-state index in [1.54, 1.807) is 23.6 Å². The van der Waals surface area contributed by atoms with Gasteiger partial charge in [0.15, 0.2) is 11.2 Å². The third-order valence-corrected chi connectivity index (χ3v) is 6.63. The lowest BCUT2D eigenvalue weighted by atomic mass is 10.1. The molecule has 3 heterocycles. The van der Waals surface area contributed by atoms with Gasteiger partial charge in [-0.15, -0.1) is 11.3 Å². The molecule has 1 aromatic carbocycles. The Morgan fingerprint density at radius 3 is 2.84 bits per heavy atom. The first-order valence-electron chi connectivity index (χ1n) is 10.3. The first-order valence-corrected chi connectivity index (χ1v) is 11.5. The molecule has 4 aromatic rings. The molecule has 5 rings (SSSR count). The predicted octanol–water partition coefficient (Wildman–Crippen LogP) is 3.81. The first kappa shape index (κ1) is 20.8. The Morgan fingerprint density at radius 1 is 1.31 bits per heavy atom. The van der Waals surface area contributed by atoms with Crippen LogP contribution in [0.15, 0.2) is 36.1 Å². The van der Waals surface area contributed by atoms with Crippen LogP contribution in [0.2, 0.25) is 5.02 Å². The molecule has 1 aliphatic rings. The van der Waals surface area contributed by atoms with Gasteiger partial charge in [0.1, 0.15) is 17.8 Å². The summed E-state index contributed by atoms with van der Waals surface area (Å²) in [5.41, 5.74) is 7.91. The number of carbonyl (C=O) groups is 1. The van der Waals surface area contributed by atoms with Crippen molar-refractivity contribution in [2.75, 3.05) is 0 Å². The molecule has 1 fully saturated rings. The van der Waals surface area contributed by atoms with Crippen molar-refractivity contribution in [3.05, 3.63) is 51.7 Å². The number of hydrogen-bond acceptors (Lipinski definition) is 7. The van der Waals surface area contributed by atoms with Gasteiger partial charge in [-0.2, -0.15) is 4.98 Å². The number of imidazole rings is 1. The molecule has 1 aliphatic carbocycles. The minimum absolute atomic E-state index is 0.127. The third-order valence-electron chi connectivity index (χ3n) is 5.48. The molecule has 1 saturated carbocycles. The summed E-state index contributed by atoms with van der Waals surface area (Å²) in [5.74, 6) is 0.735. The van der Waals surface area contributed by atoms with E-state index in [1.807, 2.05) is 22.1 Å². The van der Waals surface area contributed by atoms with Crippen LogP contribution in [0.25, 0.3) is 22.6 Å². The molecule has 0 bridgehead atoms. The SMILES string of the molecule is CC1(Oc2ncnc3c2nc(-c2ccc(CC(N)=O)cc2Cl)n3CCc2nccs2)CC1. The van der Waals surface area contributed by atoms with E-state index in [2.05, 4.69) is 21.9 Å². The van der Waals surface area contributed by atoms with E-state index in [4.69, 9.17) is 27.1 Å². The molecule has 0 spiro atoms. The fourth-order valence-electron chi connectivity index (χ4n) is 3.55. The Morgan fingerprint density at radius 2 is 2.16 bits per heavy atom. The normalized spacial score (nSPS) is 14.6. The van der Waals surface area contributed by atoms with Crippen molar-refractivity contribution in [3.8, 4) is 17.3 Å². The lowest BCUT2D eigenvalue weighted by molar-refractivity contribution is -0.117. The number of primary amides is 1. The second-order valence-corrected chi connectivity index (χ2v) is 9.51. The van der Waals surface area contributed by atoms with Gasteiger partial charge in [0.2, 0.25) is 11.8 Å². The molecule has 0 saturated heterocycles. The molecule has 8 nitrogen and oxygen atoms in total. The zero-order valence-corrected chi connectivity index (χ0v) is 19.0. The molecule has 32 heavy (non-hydrogen) atoms. The number of rotatable bonds is 8. The average molecular weight is 469 g/mol. The van der Waals surface area contributed by atoms with E-state index >= 15 is 0 Å². The number of halogens is 1. The zero-order valence-electron chi connectivity index (χ0n) is 17.4. The number of ether oxygens (including phenoxy) is 1. The first-order chi connectivity index (χ1) is 15.4. The van der Waals surface area contributed by atoms with Crippen LogP contribution in [0.1, 0.15) is 30.3 Å². The summed E-state index contributed by atoms with van der Waals surface area (Å²) >= 11 is 8.23. The summed E-state index contributed by atoms with van der Waals surface area (Å²) < 4.78 is 8.18. The van der Waals surface area contributed by atoms with Crippen LogP contribution in [0.4, 0.5) is 0 Å². The van der Waals surface area contributed by atoms with E-state index < -0.39 is 5.91 Å². The second-order valence-electron chi connectivity index (χ2n) is 8.12. The summed E-state index contributed by atoms with van der Waals surface area (Å²) in [5, 5.41) is 3.47. The van der Waals surface area contributed by atoms with E-state index in [1.165, 1.54) is 6.33 Å². The smallest absolute Gasteiger partial charge is 0.245 e. The fraction of sp³-hybridized carbons (Fsp3) is 0.318. The highest BCUT2D eigenvalue weighted by Gasteiger charge is 2.41. The Bertz CT molecular complexity index is 1300. The van der Waals surface area contributed by atoms with Crippen molar-refractivity contribution < 1.29 is 9.53 Å². The van der Waals surface area contributed by atoms with Crippen molar-refractivity contribution in [2.24, 2.45) is 5.73 Å². The van der Waals surface area contributed by atoms with Gasteiger partial charge >= 0.3 is 0 Å². The van der Waals surface area contributed by atoms with Crippen molar-refractivity contribution in [1.82, 2.24) is 24.5 Å². The molecular weight excluding hydrogens is 448 g/mol. The Hall–Kier alpha value is -3.04. The van der Waals surface area contributed by atoms with Crippen LogP contribution in [0.3, 0.4) is 0 Å². The molecule has 164 valence electrons. The van der Waals surface area contributed by atoms with E-state index in [0.717, 1.165) is 35.4 Å². The van der Waals surface area contributed by atoms with E-state index in [0.29, 0.717) is 34.4 Å². The van der Waals surface area contributed by atoms with Crippen LogP contribution in [-0.2, 0) is 24.2 Å². The van der Waals surface area contributed by atoms with Crippen LogP contribution >= 0.6 is 22.9 Å². The van der Waals surface area contributed by atoms with Gasteiger partial charge in [0, 0.05) is 30.1 Å². The number of fused-ring (bicyclic) bond motifs is 1. The molecule has 0 radical (unpaired) electrons. The minimum atomic E-state index is -0.407. The highest BCUT2D eigenvalue weighted by Crippen LogP contribution is 2.41.